The van der Waals surface area contributed by atoms with Crippen molar-refractivity contribution in [1.82, 2.24) is 15.3 Å². The van der Waals surface area contributed by atoms with Crippen molar-refractivity contribution in [1.29, 1.82) is 0 Å². The molecule has 0 radical (unpaired) electrons. The molecule has 4 nitrogen and oxygen atoms in total. The SMILES string of the molecule is C[C@H](NC(=S)Nc1ncc(Cl)nc1Cl)c1ccccc1. The lowest BCUT2D eigenvalue weighted by atomic mass is 10.1. The van der Waals surface area contributed by atoms with Gasteiger partial charge in [0.15, 0.2) is 16.1 Å². The van der Waals surface area contributed by atoms with E-state index in [1.54, 1.807) is 0 Å². The summed E-state index contributed by atoms with van der Waals surface area (Å²) in [4.78, 5) is 7.92. The minimum atomic E-state index is 0.0650. The molecule has 0 spiro atoms. The lowest BCUT2D eigenvalue weighted by Crippen LogP contribution is -2.31. The van der Waals surface area contributed by atoms with E-state index < -0.39 is 0 Å². The maximum absolute atomic E-state index is 5.92. The van der Waals surface area contributed by atoms with E-state index in [-0.39, 0.29) is 16.3 Å². The van der Waals surface area contributed by atoms with Crippen LogP contribution in [0.15, 0.2) is 36.5 Å². The minimum Gasteiger partial charge on any atom is -0.356 e. The van der Waals surface area contributed by atoms with Gasteiger partial charge in [0.1, 0.15) is 5.15 Å². The first kappa shape index (κ1) is 15.0. The number of nitrogens with zero attached hydrogens (tertiary/aromatic N) is 2. The molecule has 0 aliphatic heterocycles. The van der Waals surface area contributed by atoms with Crippen LogP contribution in [-0.4, -0.2) is 15.1 Å². The number of anilines is 1. The fourth-order valence-electron chi connectivity index (χ4n) is 1.60. The zero-order valence-electron chi connectivity index (χ0n) is 10.6. The Hall–Kier alpha value is -1.43. The average Bonchev–Trinajstić information content (AvgIpc) is 2.43. The van der Waals surface area contributed by atoms with Crippen molar-refractivity contribution in [2.75, 3.05) is 5.32 Å². The molecule has 104 valence electrons. The second-order valence-corrected chi connectivity index (χ2v) is 5.22. The summed E-state index contributed by atoms with van der Waals surface area (Å²) >= 11 is 16.8. The Morgan fingerprint density at radius 3 is 2.60 bits per heavy atom. The van der Waals surface area contributed by atoms with Crippen molar-refractivity contribution in [2.24, 2.45) is 0 Å². The normalized spacial score (nSPS) is 11.8. The van der Waals surface area contributed by atoms with Crippen molar-refractivity contribution in [3.8, 4) is 0 Å². The molecule has 0 saturated carbocycles. The van der Waals surface area contributed by atoms with Crippen molar-refractivity contribution in [3.05, 3.63) is 52.4 Å². The largest absolute Gasteiger partial charge is 0.356 e. The molecule has 2 N–H and O–H groups in total. The van der Waals surface area contributed by atoms with Crippen LogP contribution in [0.3, 0.4) is 0 Å². The molecule has 20 heavy (non-hydrogen) atoms. The molecule has 1 aromatic carbocycles. The third kappa shape index (κ3) is 4.03. The zero-order valence-corrected chi connectivity index (χ0v) is 12.9. The van der Waals surface area contributed by atoms with Crippen LogP contribution in [0.2, 0.25) is 10.3 Å². The highest BCUT2D eigenvalue weighted by Crippen LogP contribution is 2.18. The molecule has 0 saturated heterocycles. The highest BCUT2D eigenvalue weighted by Gasteiger charge is 2.09. The number of halogens is 2. The molecule has 1 heterocycles. The number of hydrogen-bond donors (Lipinski definition) is 2. The van der Waals surface area contributed by atoms with E-state index >= 15 is 0 Å². The Bertz CT molecular complexity index is 607. The fraction of sp³-hybridized carbons (Fsp3) is 0.154. The first-order valence-electron chi connectivity index (χ1n) is 5.87. The maximum Gasteiger partial charge on any atom is 0.173 e. The van der Waals surface area contributed by atoms with Gasteiger partial charge in [0, 0.05) is 0 Å². The van der Waals surface area contributed by atoms with Crippen molar-refractivity contribution < 1.29 is 0 Å². The molecule has 2 rings (SSSR count). The predicted molar refractivity (Wildman–Crippen MR) is 86.3 cm³/mol. The molecule has 0 unspecified atom stereocenters. The Morgan fingerprint density at radius 1 is 1.25 bits per heavy atom. The first-order chi connectivity index (χ1) is 9.56. The smallest absolute Gasteiger partial charge is 0.173 e. The van der Waals surface area contributed by atoms with Gasteiger partial charge in [0.2, 0.25) is 0 Å². The monoisotopic (exact) mass is 326 g/mol. The van der Waals surface area contributed by atoms with Crippen LogP contribution in [-0.2, 0) is 0 Å². The number of thiocarbonyl (C=S) groups is 1. The number of hydrogen-bond acceptors (Lipinski definition) is 3. The van der Waals surface area contributed by atoms with E-state index in [0.29, 0.717) is 10.9 Å². The fourth-order valence-corrected chi connectivity index (χ4v) is 2.23. The van der Waals surface area contributed by atoms with Gasteiger partial charge in [-0.25, -0.2) is 9.97 Å². The molecule has 0 bridgehead atoms. The quantitative estimate of drug-likeness (QED) is 0.839. The number of aromatic nitrogens is 2. The topological polar surface area (TPSA) is 49.8 Å². The standard InChI is InChI=1S/C13H12Cl2N4S/c1-8(9-5-3-2-4-6-9)17-13(20)19-12-11(15)18-10(14)7-16-12/h2-8H,1H3,(H2,16,17,19,20)/t8-/m0/s1. The van der Waals surface area contributed by atoms with Gasteiger partial charge in [-0.2, -0.15) is 0 Å². The highest BCUT2D eigenvalue weighted by molar-refractivity contribution is 7.80. The first-order valence-corrected chi connectivity index (χ1v) is 7.03. The molecule has 0 fully saturated rings. The minimum absolute atomic E-state index is 0.0650. The van der Waals surface area contributed by atoms with E-state index in [1.165, 1.54) is 6.20 Å². The van der Waals surface area contributed by atoms with Gasteiger partial charge in [0.05, 0.1) is 12.2 Å². The van der Waals surface area contributed by atoms with Gasteiger partial charge in [-0.3, -0.25) is 0 Å². The summed E-state index contributed by atoms with van der Waals surface area (Å²) in [5.41, 5.74) is 1.13. The molecular formula is C13H12Cl2N4S. The molecular weight excluding hydrogens is 315 g/mol. The van der Waals surface area contributed by atoms with Crippen molar-refractivity contribution in [2.45, 2.75) is 13.0 Å². The third-order valence-corrected chi connectivity index (χ3v) is 3.25. The summed E-state index contributed by atoms with van der Waals surface area (Å²) in [6, 6.07) is 10.0. The van der Waals surface area contributed by atoms with E-state index in [0.717, 1.165) is 5.56 Å². The lowest BCUT2D eigenvalue weighted by molar-refractivity contribution is 0.722. The van der Waals surface area contributed by atoms with Gasteiger partial charge in [-0.1, -0.05) is 53.5 Å². The Kier molecular flexibility index (Phi) is 5.11. The molecule has 7 heteroatoms. The van der Waals surface area contributed by atoms with Gasteiger partial charge in [-0.15, -0.1) is 0 Å². The molecule has 1 aromatic heterocycles. The summed E-state index contributed by atoms with van der Waals surface area (Å²) < 4.78 is 0. The van der Waals surface area contributed by atoms with Gasteiger partial charge >= 0.3 is 0 Å². The van der Waals surface area contributed by atoms with Gasteiger partial charge in [-0.05, 0) is 24.7 Å². The summed E-state index contributed by atoms with van der Waals surface area (Å²) in [5, 5.41) is 6.87. The van der Waals surface area contributed by atoms with Gasteiger partial charge < -0.3 is 10.6 Å². The van der Waals surface area contributed by atoms with Crippen LogP contribution in [0.4, 0.5) is 5.82 Å². The van der Waals surface area contributed by atoms with Crippen LogP contribution in [0, 0.1) is 0 Å². The second-order valence-electron chi connectivity index (χ2n) is 4.06. The van der Waals surface area contributed by atoms with Crippen molar-refractivity contribution in [3.63, 3.8) is 0 Å². The second kappa shape index (κ2) is 6.83. The van der Waals surface area contributed by atoms with E-state index in [1.807, 2.05) is 37.3 Å². The molecule has 0 aliphatic carbocycles. The number of nitrogens with one attached hydrogen (secondary N) is 2. The maximum atomic E-state index is 5.92. The Balaban J connectivity index is 1.99. The predicted octanol–water partition coefficient (Wildman–Crippen LogP) is 3.83. The summed E-state index contributed by atoms with van der Waals surface area (Å²) in [6.07, 6.45) is 1.40. The summed E-state index contributed by atoms with van der Waals surface area (Å²) in [7, 11) is 0. The number of benzene rings is 1. The van der Waals surface area contributed by atoms with Crippen LogP contribution >= 0.6 is 35.4 Å². The van der Waals surface area contributed by atoms with Crippen LogP contribution in [0.1, 0.15) is 18.5 Å². The Labute approximate surface area is 132 Å². The van der Waals surface area contributed by atoms with Crippen LogP contribution in [0.5, 0.6) is 0 Å². The third-order valence-electron chi connectivity index (χ3n) is 2.58. The summed E-state index contributed by atoms with van der Waals surface area (Å²) in [6.45, 7) is 2.01. The van der Waals surface area contributed by atoms with Crippen LogP contribution in [0.25, 0.3) is 0 Å². The lowest BCUT2D eigenvalue weighted by Gasteiger charge is -2.17. The summed E-state index contributed by atoms with van der Waals surface area (Å²) in [5.74, 6) is 0.369. The Morgan fingerprint density at radius 2 is 1.95 bits per heavy atom. The van der Waals surface area contributed by atoms with Crippen molar-refractivity contribution >= 4 is 46.4 Å². The molecule has 2 aromatic rings. The van der Waals surface area contributed by atoms with E-state index in [2.05, 4.69) is 20.6 Å². The zero-order chi connectivity index (χ0) is 14.5. The van der Waals surface area contributed by atoms with E-state index in [4.69, 9.17) is 35.4 Å². The molecule has 0 aliphatic rings. The number of rotatable bonds is 3. The molecule has 0 amide bonds. The van der Waals surface area contributed by atoms with Crippen LogP contribution < -0.4 is 10.6 Å². The average molecular weight is 327 g/mol. The molecule has 1 atom stereocenters. The highest BCUT2D eigenvalue weighted by atomic mass is 35.5. The van der Waals surface area contributed by atoms with Gasteiger partial charge in [0.25, 0.3) is 0 Å². The van der Waals surface area contributed by atoms with E-state index in [9.17, 15) is 0 Å².